The van der Waals surface area contributed by atoms with E-state index in [-0.39, 0.29) is 72.5 Å². The van der Waals surface area contributed by atoms with Gasteiger partial charge >= 0.3 is 11.9 Å². The topological polar surface area (TPSA) is 179 Å². The predicted molar refractivity (Wildman–Crippen MR) is 163 cm³/mol. The van der Waals surface area contributed by atoms with Crippen LogP contribution in [-0.4, -0.2) is 80.9 Å². The summed E-state index contributed by atoms with van der Waals surface area (Å²) < 4.78 is 5.35. The third-order valence-electron chi connectivity index (χ3n) is 10.0. The number of phenols is 1. The van der Waals surface area contributed by atoms with Crippen molar-refractivity contribution in [3.63, 3.8) is 0 Å². The Kier molecular flexibility index (Phi) is 10.0. The van der Waals surface area contributed by atoms with Gasteiger partial charge < -0.3 is 20.1 Å². The van der Waals surface area contributed by atoms with Crippen LogP contribution in [0.25, 0.3) is 0 Å². The van der Waals surface area contributed by atoms with Crippen LogP contribution >= 0.6 is 11.6 Å². The number of carbonyl (C=O) groups excluding carboxylic acids is 4. The second-order valence-corrected chi connectivity index (χ2v) is 13.1. The molecule has 248 valence electrons. The number of methoxy groups -OCH3 is 1. The number of aromatic hydroxyl groups is 1. The van der Waals surface area contributed by atoms with Gasteiger partial charge in [0, 0.05) is 31.8 Å². The van der Waals surface area contributed by atoms with Crippen molar-refractivity contribution >= 4 is 47.2 Å². The average molecular weight is 659 g/mol. The van der Waals surface area contributed by atoms with Gasteiger partial charge in [-0.05, 0) is 62.1 Å². The lowest BCUT2D eigenvalue weighted by atomic mass is 9.57. The molecule has 0 aromatic heterocycles. The summed E-state index contributed by atoms with van der Waals surface area (Å²) in [6.07, 6.45) is 5.38. The number of likely N-dealkylation sites (tertiary alicyclic amines) is 2. The van der Waals surface area contributed by atoms with E-state index in [0.717, 1.165) is 5.57 Å². The van der Waals surface area contributed by atoms with Crippen molar-refractivity contribution in [3.05, 3.63) is 34.4 Å². The predicted octanol–water partition coefficient (Wildman–Crippen LogP) is 3.98. The number of unbranched alkanes of at least 4 members (excludes halogenated alkanes) is 4. The number of benzene rings is 1. The minimum absolute atomic E-state index is 0.00313. The van der Waals surface area contributed by atoms with E-state index in [1.165, 1.54) is 16.9 Å². The number of phenolic OH excluding ortho intramolecular Hbond substituents is 1. The van der Waals surface area contributed by atoms with E-state index in [4.69, 9.17) is 26.6 Å². The molecule has 2 saturated heterocycles. The summed E-state index contributed by atoms with van der Waals surface area (Å²) in [7, 11) is 1.38. The van der Waals surface area contributed by atoms with E-state index in [0.29, 0.717) is 50.5 Å². The van der Waals surface area contributed by atoms with Crippen LogP contribution in [0.15, 0.2) is 23.8 Å². The molecule has 1 aromatic rings. The number of aliphatic carboxylic acids is 2. The molecule has 3 N–H and O–H groups in total. The number of hydrogen-bond donors (Lipinski definition) is 3. The molecule has 0 unspecified atom stereocenters. The van der Waals surface area contributed by atoms with Crippen LogP contribution in [0.2, 0.25) is 5.02 Å². The zero-order chi connectivity index (χ0) is 33.3. The van der Waals surface area contributed by atoms with Gasteiger partial charge in [-0.2, -0.15) is 0 Å². The lowest BCUT2D eigenvalue weighted by molar-refractivity contribution is -0.142. The van der Waals surface area contributed by atoms with Crippen LogP contribution in [0.3, 0.4) is 0 Å². The average Bonchev–Trinajstić information content (AvgIpc) is 3.40. The minimum atomic E-state index is -0.906. The zero-order valence-electron chi connectivity index (χ0n) is 25.7. The second kappa shape index (κ2) is 13.8. The number of carboxylic acids is 2. The molecule has 0 bridgehead atoms. The number of nitrogens with zero attached hydrogens (tertiary/aromatic N) is 2. The fourth-order valence-electron chi connectivity index (χ4n) is 7.91. The Balaban J connectivity index is 1.45. The second-order valence-electron chi connectivity index (χ2n) is 12.6. The number of amides is 4. The third kappa shape index (κ3) is 6.23. The van der Waals surface area contributed by atoms with Crippen molar-refractivity contribution in [3.8, 4) is 11.5 Å². The van der Waals surface area contributed by atoms with Crippen molar-refractivity contribution in [1.82, 2.24) is 9.80 Å². The quantitative estimate of drug-likeness (QED) is 0.150. The van der Waals surface area contributed by atoms with E-state index in [1.54, 1.807) is 12.1 Å². The molecule has 3 fully saturated rings. The summed E-state index contributed by atoms with van der Waals surface area (Å²) in [6.45, 7) is 0.346. The van der Waals surface area contributed by atoms with E-state index in [9.17, 15) is 33.9 Å². The van der Waals surface area contributed by atoms with Crippen molar-refractivity contribution in [1.29, 1.82) is 0 Å². The Morgan fingerprint density at radius 1 is 0.804 bits per heavy atom. The molecule has 13 heteroatoms. The highest BCUT2D eigenvalue weighted by Gasteiger charge is 2.61. The molecule has 5 rings (SSSR count). The molecule has 2 aliphatic carbocycles. The number of carboxylic acid groups (broad SMARTS) is 2. The first-order valence-corrected chi connectivity index (χ1v) is 16.2. The van der Waals surface area contributed by atoms with E-state index >= 15 is 0 Å². The molecular weight excluding hydrogens is 620 g/mol. The number of rotatable bonds is 14. The fraction of sp³-hybridized carbons (Fsp3) is 0.576. The normalized spacial score (nSPS) is 27.0. The Bertz CT molecular complexity index is 1470. The summed E-state index contributed by atoms with van der Waals surface area (Å²) in [5, 5.41) is 28.3. The van der Waals surface area contributed by atoms with Crippen molar-refractivity contribution < 1.29 is 48.8 Å². The largest absolute Gasteiger partial charge is 0.503 e. The van der Waals surface area contributed by atoms with Crippen molar-refractivity contribution in [2.45, 2.75) is 70.1 Å². The van der Waals surface area contributed by atoms with Crippen LogP contribution < -0.4 is 4.74 Å². The van der Waals surface area contributed by atoms with Gasteiger partial charge in [-0.25, -0.2) is 0 Å². The van der Waals surface area contributed by atoms with Gasteiger partial charge in [0.25, 0.3) is 0 Å². The highest BCUT2D eigenvalue weighted by Crippen LogP contribution is 2.58. The van der Waals surface area contributed by atoms with Crippen LogP contribution in [0, 0.1) is 29.6 Å². The van der Waals surface area contributed by atoms with Crippen molar-refractivity contribution in [2.75, 3.05) is 20.2 Å². The summed E-state index contributed by atoms with van der Waals surface area (Å²) >= 11 is 6.40. The molecule has 4 aliphatic rings. The molecule has 46 heavy (non-hydrogen) atoms. The van der Waals surface area contributed by atoms with Gasteiger partial charge in [-0.1, -0.05) is 36.1 Å². The third-order valence-corrected chi connectivity index (χ3v) is 10.3. The Morgan fingerprint density at radius 3 is 1.93 bits per heavy atom. The molecule has 2 aliphatic heterocycles. The first-order valence-electron chi connectivity index (χ1n) is 15.9. The van der Waals surface area contributed by atoms with Gasteiger partial charge in [0.05, 0.1) is 35.8 Å². The molecule has 12 nitrogen and oxygen atoms in total. The number of allylic oxidation sites excluding steroid dienone is 2. The number of fused-ring (bicyclic) bond motifs is 4. The minimum Gasteiger partial charge on any atom is -0.503 e. The highest BCUT2D eigenvalue weighted by molar-refractivity contribution is 6.32. The molecule has 1 saturated carbocycles. The summed E-state index contributed by atoms with van der Waals surface area (Å²) in [4.78, 5) is 79.5. The number of halogens is 1. The van der Waals surface area contributed by atoms with Crippen LogP contribution in [0.5, 0.6) is 11.5 Å². The highest BCUT2D eigenvalue weighted by atomic mass is 35.5. The van der Waals surface area contributed by atoms with Gasteiger partial charge in [0.2, 0.25) is 23.6 Å². The zero-order valence-corrected chi connectivity index (χ0v) is 26.4. The van der Waals surface area contributed by atoms with Gasteiger partial charge in [0.1, 0.15) is 0 Å². The van der Waals surface area contributed by atoms with Crippen LogP contribution in [0.4, 0.5) is 0 Å². The lowest BCUT2D eigenvalue weighted by Crippen LogP contribution is -2.43. The Labute approximate surface area is 271 Å². The van der Waals surface area contributed by atoms with Crippen LogP contribution in [-0.2, 0) is 28.8 Å². The maximum atomic E-state index is 14.0. The van der Waals surface area contributed by atoms with Crippen LogP contribution in [0.1, 0.15) is 75.7 Å². The molecule has 0 spiro atoms. The molecule has 2 heterocycles. The SMILES string of the molecule is COc1cc([C@H]2C3=CC[C@@H]4C(=O)N(CCCCCC(=O)O)C(=O)[C@@H]4[C@@H]3C[C@H]3C(=O)N(CCCCCC(=O)O)C(=O)[C@@H]23)cc(Cl)c1O. The fourth-order valence-corrected chi connectivity index (χ4v) is 8.13. The standard InChI is InChI=1S/C33H39ClN2O10/c1-46-23-15-17(14-22(34)29(23)41)26-18-10-11-19-27(32(44)35(30(19)42)12-6-2-4-8-24(37)38)20(18)16-21-28(26)33(45)36(31(21)43)13-7-3-5-9-25(39)40/h10,14-15,19-21,26-28,41H,2-9,11-13,16H2,1H3,(H,37,38)(H,39,40)/t19-,20+,21+,26-,27-,28+/m0/s1. The van der Waals surface area contributed by atoms with E-state index in [2.05, 4.69) is 0 Å². The molecule has 1 aromatic carbocycles. The maximum absolute atomic E-state index is 14.0. The summed E-state index contributed by atoms with van der Waals surface area (Å²) in [5.41, 5.74) is 1.35. The number of imide groups is 2. The number of hydrogen-bond acceptors (Lipinski definition) is 8. The van der Waals surface area contributed by atoms with E-state index < -0.39 is 47.4 Å². The van der Waals surface area contributed by atoms with Gasteiger partial charge in [-0.3, -0.25) is 38.6 Å². The number of carbonyl (C=O) groups is 6. The molecule has 4 amide bonds. The van der Waals surface area contributed by atoms with Gasteiger partial charge in [-0.15, -0.1) is 0 Å². The molecule has 0 radical (unpaired) electrons. The maximum Gasteiger partial charge on any atom is 0.303 e. The monoisotopic (exact) mass is 658 g/mol. The first-order chi connectivity index (χ1) is 22.0. The first kappa shape index (κ1) is 33.4. The Morgan fingerprint density at radius 2 is 1.37 bits per heavy atom. The number of ether oxygens (including phenoxy) is 1. The molecule has 6 atom stereocenters. The summed E-state index contributed by atoms with van der Waals surface area (Å²) in [6, 6.07) is 3.14. The van der Waals surface area contributed by atoms with Gasteiger partial charge in [0.15, 0.2) is 11.5 Å². The smallest absolute Gasteiger partial charge is 0.303 e. The Hall–Kier alpha value is -3.93. The summed E-state index contributed by atoms with van der Waals surface area (Å²) in [5.74, 6) is -7.19. The van der Waals surface area contributed by atoms with E-state index in [1.807, 2.05) is 6.08 Å². The molecular formula is C33H39ClN2O10. The van der Waals surface area contributed by atoms with Crippen molar-refractivity contribution in [2.24, 2.45) is 29.6 Å². The lowest BCUT2D eigenvalue weighted by Gasteiger charge is -2.44.